The van der Waals surface area contributed by atoms with E-state index >= 15 is 0 Å². The number of nitrogens with one attached hydrogen (secondary N) is 2. The third-order valence-corrected chi connectivity index (χ3v) is 5.09. The molecule has 0 saturated carbocycles. The number of aromatic nitrogens is 4. The predicted molar refractivity (Wildman–Crippen MR) is 102 cm³/mol. The molecular weight excluding hydrogens is 366 g/mol. The number of rotatable bonds is 2. The summed E-state index contributed by atoms with van der Waals surface area (Å²) in [5.41, 5.74) is 4.40. The second kappa shape index (κ2) is 5.85. The number of phenolic OH excluding ortho intramolecular Hbond substituents is 1. The Labute approximate surface area is 159 Å². The summed E-state index contributed by atoms with van der Waals surface area (Å²) in [5, 5.41) is 23.1. The van der Waals surface area contributed by atoms with Crippen molar-refractivity contribution in [1.29, 1.82) is 0 Å². The van der Waals surface area contributed by atoms with Gasteiger partial charge in [-0.3, -0.25) is 0 Å². The number of H-pyrrole nitrogens is 1. The number of aromatic amines is 1. The molecule has 8 heteroatoms. The highest BCUT2D eigenvalue weighted by Gasteiger charge is 2.28. The molecule has 134 valence electrons. The molecule has 27 heavy (non-hydrogen) atoms. The molecule has 0 aliphatic carbocycles. The Bertz CT molecular complexity index is 1190. The van der Waals surface area contributed by atoms with Crippen LogP contribution >= 0.6 is 11.6 Å². The van der Waals surface area contributed by atoms with Crippen molar-refractivity contribution in [2.45, 2.75) is 6.04 Å². The van der Waals surface area contributed by atoms with Gasteiger partial charge in [-0.05, 0) is 29.8 Å². The molecule has 0 spiro atoms. The van der Waals surface area contributed by atoms with Crippen LogP contribution in [0, 0.1) is 0 Å². The molecule has 0 amide bonds. The molecule has 1 aliphatic heterocycles. The Kier molecular flexibility index (Phi) is 3.45. The van der Waals surface area contributed by atoms with E-state index in [0.29, 0.717) is 11.4 Å². The number of phenols is 1. The fourth-order valence-corrected chi connectivity index (χ4v) is 3.78. The molecule has 1 aliphatic rings. The van der Waals surface area contributed by atoms with Crippen LogP contribution in [-0.2, 0) is 0 Å². The molecule has 1 unspecified atom stereocenters. The van der Waals surface area contributed by atoms with Crippen molar-refractivity contribution < 1.29 is 9.84 Å². The molecule has 7 nitrogen and oxygen atoms in total. The summed E-state index contributed by atoms with van der Waals surface area (Å²) in [6.07, 6.45) is 5.38. The molecule has 3 N–H and O–H groups in total. The Morgan fingerprint density at radius 3 is 3.00 bits per heavy atom. The summed E-state index contributed by atoms with van der Waals surface area (Å²) in [6, 6.07) is 7.10. The van der Waals surface area contributed by atoms with Crippen LogP contribution in [0.4, 0.5) is 5.82 Å². The van der Waals surface area contributed by atoms with Crippen molar-refractivity contribution in [2.75, 3.05) is 12.4 Å². The largest absolute Gasteiger partial charge is 0.503 e. The van der Waals surface area contributed by atoms with Crippen molar-refractivity contribution in [3.8, 4) is 22.6 Å². The molecule has 1 atom stereocenters. The van der Waals surface area contributed by atoms with Crippen LogP contribution in [0.2, 0.25) is 5.02 Å². The number of hydrogen-bond acceptors (Lipinski definition) is 6. The van der Waals surface area contributed by atoms with Crippen molar-refractivity contribution >= 4 is 28.5 Å². The molecule has 5 rings (SSSR count). The summed E-state index contributed by atoms with van der Waals surface area (Å²) in [6.45, 7) is 0. The number of anilines is 1. The highest BCUT2D eigenvalue weighted by molar-refractivity contribution is 6.32. The fraction of sp³-hybridized carbons (Fsp3) is 0.105. The lowest BCUT2D eigenvalue weighted by Gasteiger charge is -2.20. The standard InChI is InChI=1S/C19H14ClN5O2/c1-27-14-6-9(5-13(20)17(14)26)16-12-7-22-19-15(12)11(8-23-25-19)10-3-2-4-21-18(10)24-16/h2-8,16,26H,1H3,(H,21,24)(H,22,25). The van der Waals surface area contributed by atoms with Gasteiger partial charge in [-0.1, -0.05) is 11.6 Å². The summed E-state index contributed by atoms with van der Waals surface area (Å²) in [4.78, 5) is 7.69. The number of fused-ring (bicyclic) bond motifs is 2. The fourth-order valence-electron chi connectivity index (χ4n) is 3.56. The lowest BCUT2D eigenvalue weighted by molar-refractivity contribution is 0.373. The number of nitrogens with zero attached hydrogens (tertiary/aromatic N) is 3. The van der Waals surface area contributed by atoms with Crippen LogP contribution in [-0.4, -0.2) is 32.4 Å². The first-order valence-electron chi connectivity index (χ1n) is 8.28. The van der Waals surface area contributed by atoms with Crippen molar-refractivity contribution in [3.05, 3.63) is 59.0 Å². The molecule has 0 bridgehead atoms. The van der Waals surface area contributed by atoms with Gasteiger partial charge in [-0.25, -0.2) is 4.98 Å². The Morgan fingerprint density at radius 2 is 2.15 bits per heavy atom. The molecule has 0 saturated heterocycles. The Balaban J connectivity index is 1.81. The lowest BCUT2D eigenvalue weighted by atomic mass is 9.97. The van der Waals surface area contributed by atoms with Crippen LogP contribution in [0.1, 0.15) is 17.2 Å². The third kappa shape index (κ3) is 2.32. The number of ether oxygens (including phenoxy) is 1. The number of hydrogen-bond donors (Lipinski definition) is 3. The van der Waals surface area contributed by atoms with Gasteiger partial charge in [0.25, 0.3) is 0 Å². The molecule has 4 heterocycles. The van der Waals surface area contributed by atoms with Gasteiger partial charge in [0.05, 0.1) is 24.4 Å². The van der Waals surface area contributed by atoms with Gasteiger partial charge in [0, 0.05) is 34.5 Å². The predicted octanol–water partition coefficient (Wildman–Crippen LogP) is 3.90. The summed E-state index contributed by atoms with van der Waals surface area (Å²) in [7, 11) is 1.49. The van der Waals surface area contributed by atoms with Crippen molar-refractivity contribution in [3.63, 3.8) is 0 Å². The van der Waals surface area contributed by atoms with E-state index in [9.17, 15) is 5.11 Å². The molecule has 0 fully saturated rings. The summed E-state index contributed by atoms with van der Waals surface area (Å²) >= 11 is 6.23. The minimum atomic E-state index is -0.273. The Morgan fingerprint density at radius 1 is 1.26 bits per heavy atom. The van der Waals surface area contributed by atoms with E-state index in [4.69, 9.17) is 16.3 Å². The number of aromatic hydroxyl groups is 1. The van der Waals surface area contributed by atoms with Gasteiger partial charge in [0.2, 0.25) is 0 Å². The lowest BCUT2D eigenvalue weighted by Crippen LogP contribution is -2.12. The first kappa shape index (κ1) is 15.9. The van der Waals surface area contributed by atoms with Gasteiger partial charge in [-0.2, -0.15) is 5.10 Å². The van der Waals surface area contributed by atoms with E-state index in [1.807, 2.05) is 18.3 Å². The minimum Gasteiger partial charge on any atom is -0.503 e. The van der Waals surface area contributed by atoms with Crippen LogP contribution < -0.4 is 10.1 Å². The van der Waals surface area contributed by atoms with Gasteiger partial charge in [-0.15, -0.1) is 5.10 Å². The van der Waals surface area contributed by atoms with E-state index in [0.717, 1.165) is 33.5 Å². The third-order valence-electron chi connectivity index (χ3n) is 4.80. The second-order valence-corrected chi connectivity index (χ2v) is 6.66. The molecule has 0 radical (unpaired) electrons. The minimum absolute atomic E-state index is 0.0828. The van der Waals surface area contributed by atoms with Crippen LogP contribution in [0.3, 0.4) is 0 Å². The van der Waals surface area contributed by atoms with Crippen LogP contribution in [0.5, 0.6) is 11.5 Å². The molecular formula is C19H14ClN5O2. The summed E-state index contributed by atoms with van der Waals surface area (Å²) < 4.78 is 5.27. The van der Waals surface area contributed by atoms with E-state index in [-0.39, 0.29) is 16.8 Å². The normalized spacial score (nSPS) is 15.1. The van der Waals surface area contributed by atoms with Crippen molar-refractivity contribution in [2.24, 2.45) is 0 Å². The van der Waals surface area contributed by atoms with Gasteiger partial charge in [0.15, 0.2) is 17.1 Å². The average Bonchev–Trinajstić information content (AvgIpc) is 3.06. The number of halogens is 1. The topological polar surface area (TPSA) is 96.0 Å². The maximum atomic E-state index is 10.1. The van der Waals surface area contributed by atoms with Gasteiger partial charge in [0.1, 0.15) is 5.82 Å². The monoisotopic (exact) mass is 379 g/mol. The number of benzene rings is 1. The first-order valence-corrected chi connectivity index (χ1v) is 8.66. The molecule has 4 aromatic rings. The highest BCUT2D eigenvalue weighted by atomic mass is 35.5. The maximum Gasteiger partial charge on any atom is 0.176 e. The second-order valence-electron chi connectivity index (χ2n) is 6.26. The first-order chi connectivity index (χ1) is 13.2. The van der Waals surface area contributed by atoms with E-state index in [2.05, 4.69) is 25.5 Å². The quantitative estimate of drug-likeness (QED) is 0.489. The van der Waals surface area contributed by atoms with Crippen LogP contribution in [0.25, 0.3) is 22.2 Å². The van der Waals surface area contributed by atoms with E-state index in [1.165, 1.54) is 7.11 Å². The van der Waals surface area contributed by atoms with E-state index in [1.54, 1.807) is 24.5 Å². The number of methoxy groups -OCH3 is 1. The smallest absolute Gasteiger partial charge is 0.176 e. The Hall–Kier alpha value is -3.32. The van der Waals surface area contributed by atoms with Gasteiger partial charge < -0.3 is 20.1 Å². The van der Waals surface area contributed by atoms with Crippen molar-refractivity contribution in [1.82, 2.24) is 20.2 Å². The maximum absolute atomic E-state index is 10.1. The zero-order valence-electron chi connectivity index (χ0n) is 14.2. The highest BCUT2D eigenvalue weighted by Crippen LogP contribution is 2.44. The molecule has 3 aromatic heterocycles. The molecule has 1 aromatic carbocycles. The zero-order valence-corrected chi connectivity index (χ0v) is 14.9. The average molecular weight is 380 g/mol. The zero-order chi connectivity index (χ0) is 18.5. The van der Waals surface area contributed by atoms with Crippen LogP contribution in [0.15, 0.2) is 42.9 Å². The number of pyridine rings is 1. The summed E-state index contributed by atoms with van der Waals surface area (Å²) in [5.74, 6) is 0.960. The van der Waals surface area contributed by atoms with E-state index < -0.39 is 0 Å². The van der Waals surface area contributed by atoms with Gasteiger partial charge >= 0.3 is 0 Å². The SMILES string of the molecule is COc1cc(C2Nc3ncccc3-c3cnnc4[nH]cc2c34)cc(Cl)c1O.